The predicted molar refractivity (Wildman–Crippen MR) is 145 cm³/mol. The molecule has 2 heterocycles. The summed E-state index contributed by atoms with van der Waals surface area (Å²) in [6.45, 7) is 6.70. The number of carbonyl (C=O) groups is 3. The Bertz CT molecular complexity index is 1170. The molecule has 9 heteroatoms. The first-order valence-electron chi connectivity index (χ1n) is 13.8. The number of amides is 2. The van der Waals surface area contributed by atoms with E-state index in [-0.39, 0.29) is 11.8 Å². The van der Waals surface area contributed by atoms with Crippen molar-refractivity contribution in [2.24, 2.45) is 0 Å². The van der Waals surface area contributed by atoms with Crippen molar-refractivity contribution < 1.29 is 34.1 Å². The van der Waals surface area contributed by atoms with E-state index in [9.17, 15) is 9.59 Å². The molecule has 3 aliphatic rings. The number of hydrogen-bond acceptors (Lipinski definition) is 6. The Morgan fingerprint density at radius 2 is 1.82 bits per heavy atom. The minimum atomic E-state index is -1.83. The number of carboxylic acid groups (broad SMARTS) is 2. The number of hydrogen-bond donors (Lipinski definition) is 2. The lowest BCUT2D eigenvalue weighted by Crippen LogP contribution is -2.42. The highest BCUT2D eigenvalue weighted by Gasteiger charge is 2.32. The number of rotatable bonds is 10. The summed E-state index contributed by atoms with van der Waals surface area (Å²) in [5, 5.41) is 13.9. The van der Waals surface area contributed by atoms with Gasteiger partial charge in [-0.2, -0.15) is 0 Å². The SMILES string of the molecule is CCC(c1ccc2c(c1)CCO2)N(Cc1ccc(OCCN2C(=O)CCC2=O)c(C)c1)C1CCC1.O=C(O)O. The van der Waals surface area contributed by atoms with E-state index in [1.54, 1.807) is 0 Å². The Morgan fingerprint density at radius 3 is 2.44 bits per heavy atom. The number of benzene rings is 2. The van der Waals surface area contributed by atoms with Crippen molar-refractivity contribution in [1.29, 1.82) is 0 Å². The highest BCUT2D eigenvalue weighted by atomic mass is 16.6. The van der Waals surface area contributed by atoms with Gasteiger partial charge in [-0.15, -0.1) is 0 Å². The fourth-order valence-corrected chi connectivity index (χ4v) is 5.59. The van der Waals surface area contributed by atoms with Gasteiger partial charge >= 0.3 is 6.16 Å². The Hall–Kier alpha value is -3.59. The van der Waals surface area contributed by atoms with Crippen molar-refractivity contribution in [2.75, 3.05) is 19.8 Å². The molecule has 39 heavy (non-hydrogen) atoms. The van der Waals surface area contributed by atoms with Gasteiger partial charge in [0.25, 0.3) is 0 Å². The van der Waals surface area contributed by atoms with Gasteiger partial charge in [-0.05, 0) is 60.6 Å². The van der Waals surface area contributed by atoms with Crippen LogP contribution in [0.4, 0.5) is 4.79 Å². The van der Waals surface area contributed by atoms with Gasteiger partial charge in [-0.1, -0.05) is 37.6 Å². The van der Waals surface area contributed by atoms with Gasteiger partial charge in [0.1, 0.15) is 18.1 Å². The van der Waals surface area contributed by atoms with Crippen molar-refractivity contribution in [3.8, 4) is 11.5 Å². The molecule has 0 aromatic heterocycles. The normalized spacial score (nSPS) is 17.3. The summed E-state index contributed by atoms with van der Waals surface area (Å²) in [7, 11) is 0. The zero-order chi connectivity index (χ0) is 27.9. The topological polar surface area (TPSA) is 117 Å². The molecule has 210 valence electrons. The van der Waals surface area contributed by atoms with Crippen molar-refractivity contribution in [3.63, 3.8) is 0 Å². The number of likely N-dealkylation sites (tertiary alicyclic amines) is 1. The van der Waals surface area contributed by atoms with Crippen LogP contribution < -0.4 is 9.47 Å². The smallest absolute Gasteiger partial charge is 0.493 e. The third-order valence-corrected chi connectivity index (χ3v) is 7.76. The standard InChI is InChI=1S/C29H36N2O4.CH2O3/c1-3-25(22-8-10-27-23(18-22)13-15-34-27)31(24-5-4-6-24)19-21-7-9-26(20(2)17-21)35-16-14-30-28(32)11-12-29(30)33;2-1(3)4/h7-10,17-18,24-25H,3-6,11-16,19H2,1-2H3;(H2,2,3,4). The second-order valence-electron chi connectivity index (χ2n) is 10.3. The molecule has 1 saturated heterocycles. The number of ether oxygens (including phenoxy) is 2. The molecule has 2 N–H and O–H groups in total. The van der Waals surface area contributed by atoms with Gasteiger partial charge < -0.3 is 19.7 Å². The number of imide groups is 1. The van der Waals surface area contributed by atoms with E-state index in [2.05, 4.69) is 49.1 Å². The minimum Gasteiger partial charge on any atom is -0.493 e. The van der Waals surface area contributed by atoms with E-state index < -0.39 is 6.16 Å². The molecule has 2 fully saturated rings. The predicted octanol–water partition coefficient (Wildman–Crippen LogP) is 5.19. The molecule has 5 rings (SSSR count). The lowest BCUT2D eigenvalue weighted by Gasteiger charge is -2.43. The van der Waals surface area contributed by atoms with E-state index in [0.29, 0.717) is 38.1 Å². The highest BCUT2D eigenvalue weighted by molar-refractivity contribution is 6.01. The highest BCUT2D eigenvalue weighted by Crippen LogP contribution is 2.38. The number of fused-ring (bicyclic) bond motifs is 1. The van der Waals surface area contributed by atoms with Crippen LogP contribution in [0.15, 0.2) is 36.4 Å². The molecular weight excluding hydrogens is 500 g/mol. The van der Waals surface area contributed by atoms with Gasteiger partial charge in [0, 0.05) is 37.9 Å². The lowest BCUT2D eigenvalue weighted by atomic mass is 9.87. The third-order valence-electron chi connectivity index (χ3n) is 7.76. The van der Waals surface area contributed by atoms with Crippen LogP contribution in [0.3, 0.4) is 0 Å². The van der Waals surface area contributed by atoms with E-state index >= 15 is 0 Å². The molecule has 2 aliphatic heterocycles. The van der Waals surface area contributed by atoms with Gasteiger partial charge in [-0.3, -0.25) is 19.4 Å². The zero-order valence-corrected chi connectivity index (χ0v) is 22.7. The van der Waals surface area contributed by atoms with Crippen LogP contribution in [0.5, 0.6) is 11.5 Å². The number of aryl methyl sites for hydroxylation is 1. The van der Waals surface area contributed by atoms with Gasteiger partial charge in [0.15, 0.2) is 0 Å². The van der Waals surface area contributed by atoms with Crippen LogP contribution in [0, 0.1) is 6.92 Å². The summed E-state index contributed by atoms with van der Waals surface area (Å²) >= 11 is 0. The molecule has 1 atom stereocenters. The summed E-state index contributed by atoms with van der Waals surface area (Å²) in [6, 6.07) is 14.2. The molecule has 9 nitrogen and oxygen atoms in total. The Balaban J connectivity index is 0.000000826. The van der Waals surface area contributed by atoms with Crippen LogP contribution in [0.25, 0.3) is 0 Å². The summed E-state index contributed by atoms with van der Waals surface area (Å²) in [6.07, 6.45) is 4.72. The lowest BCUT2D eigenvalue weighted by molar-refractivity contribution is -0.138. The van der Waals surface area contributed by atoms with Gasteiger partial charge in [-0.25, -0.2) is 4.79 Å². The average Bonchev–Trinajstić information content (AvgIpc) is 3.45. The molecule has 1 saturated carbocycles. The molecule has 1 unspecified atom stereocenters. The molecule has 2 amide bonds. The van der Waals surface area contributed by atoms with E-state index in [1.807, 2.05) is 6.07 Å². The van der Waals surface area contributed by atoms with Crippen LogP contribution >= 0.6 is 0 Å². The Labute approximate surface area is 229 Å². The first-order valence-corrected chi connectivity index (χ1v) is 13.8. The van der Waals surface area contributed by atoms with Crippen LogP contribution in [0.2, 0.25) is 0 Å². The molecular formula is C30H38N2O7. The maximum absolute atomic E-state index is 11.8. The monoisotopic (exact) mass is 538 g/mol. The van der Waals surface area contributed by atoms with Crippen LogP contribution in [0.1, 0.15) is 73.7 Å². The van der Waals surface area contributed by atoms with E-state index in [4.69, 9.17) is 24.5 Å². The fourth-order valence-electron chi connectivity index (χ4n) is 5.59. The van der Waals surface area contributed by atoms with Gasteiger partial charge in [0.05, 0.1) is 13.2 Å². The van der Waals surface area contributed by atoms with Crippen LogP contribution in [-0.4, -0.2) is 63.8 Å². The maximum Gasteiger partial charge on any atom is 0.503 e. The largest absolute Gasteiger partial charge is 0.503 e. The van der Waals surface area contributed by atoms with Gasteiger partial charge in [0.2, 0.25) is 11.8 Å². The first-order chi connectivity index (χ1) is 18.8. The quantitative estimate of drug-likeness (QED) is 0.397. The van der Waals surface area contributed by atoms with E-state index in [0.717, 1.165) is 43.1 Å². The first kappa shape index (κ1) is 28.4. The maximum atomic E-state index is 11.8. The Kier molecular flexibility index (Phi) is 9.45. The van der Waals surface area contributed by atoms with Crippen molar-refractivity contribution in [2.45, 2.75) is 77.4 Å². The summed E-state index contributed by atoms with van der Waals surface area (Å²) in [5.74, 6) is 1.67. The van der Waals surface area contributed by atoms with Crippen molar-refractivity contribution in [3.05, 3.63) is 58.7 Å². The number of carbonyl (C=O) groups excluding carboxylic acids is 2. The number of nitrogens with zero attached hydrogens (tertiary/aromatic N) is 2. The minimum absolute atomic E-state index is 0.0943. The molecule has 2 aromatic carbocycles. The van der Waals surface area contributed by atoms with E-state index in [1.165, 1.54) is 40.9 Å². The summed E-state index contributed by atoms with van der Waals surface area (Å²) < 4.78 is 11.7. The third kappa shape index (κ3) is 7.09. The summed E-state index contributed by atoms with van der Waals surface area (Å²) in [5.41, 5.74) is 5.10. The second-order valence-corrected chi connectivity index (χ2v) is 10.3. The second kappa shape index (κ2) is 13.0. The van der Waals surface area contributed by atoms with Crippen molar-refractivity contribution >= 4 is 18.0 Å². The van der Waals surface area contributed by atoms with Crippen LogP contribution in [-0.2, 0) is 22.6 Å². The molecule has 0 bridgehead atoms. The molecule has 1 aliphatic carbocycles. The molecule has 0 spiro atoms. The average molecular weight is 539 g/mol. The summed E-state index contributed by atoms with van der Waals surface area (Å²) in [4.78, 5) is 36.2. The molecule has 0 radical (unpaired) electrons. The zero-order valence-electron chi connectivity index (χ0n) is 22.7. The van der Waals surface area contributed by atoms with Crippen molar-refractivity contribution in [1.82, 2.24) is 9.80 Å². The Morgan fingerprint density at radius 1 is 1.10 bits per heavy atom. The molecule has 2 aromatic rings. The fraction of sp³-hybridized carbons (Fsp3) is 0.500.